The molecule has 0 aliphatic rings. The summed E-state index contributed by atoms with van der Waals surface area (Å²) >= 11 is 0. The topological polar surface area (TPSA) is 47.6 Å². The molecule has 0 aliphatic heterocycles. The van der Waals surface area contributed by atoms with Gasteiger partial charge in [0.25, 0.3) is 5.91 Å². The first kappa shape index (κ1) is 16.9. The Hall–Kier alpha value is -2.49. The summed E-state index contributed by atoms with van der Waals surface area (Å²) in [4.78, 5) is 12.5. The lowest BCUT2D eigenvalue weighted by Crippen LogP contribution is -2.13. The van der Waals surface area contributed by atoms with Crippen LogP contribution >= 0.6 is 0 Å². The Kier molecular flexibility index (Phi) is 5.63. The van der Waals surface area contributed by atoms with Crippen molar-refractivity contribution >= 4 is 11.6 Å². The number of benzene rings is 2. The van der Waals surface area contributed by atoms with Gasteiger partial charge in [0.2, 0.25) is 0 Å². The van der Waals surface area contributed by atoms with Crippen LogP contribution in [0.15, 0.2) is 36.4 Å². The lowest BCUT2D eigenvalue weighted by Gasteiger charge is -2.13. The Bertz CT molecular complexity index is 695. The number of anilines is 1. The van der Waals surface area contributed by atoms with Crippen LogP contribution in [0.4, 0.5) is 5.69 Å². The minimum absolute atomic E-state index is 0.168. The van der Waals surface area contributed by atoms with E-state index in [1.165, 1.54) is 0 Å². The number of aryl methyl sites for hydroxylation is 1. The first-order valence-corrected chi connectivity index (χ1v) is 7.75. The normalized spacial score (nSPS) is 10.3. The van der Waals surface area contributed by atoms with Gasteiger partial charge in [-0.05, 0) is 55.7 Å². The molecule has 0 fully saturated rings. The number of hydrogen-bond acceptors (Lipinski definition) is 3. The van der Waals surface area contributed by atoms with Gasteiger partial charge in [-0.1, -0.05) is 19.1 Å². The molecule has 122 valence electrons. The first-order valence-electron chi connectivity index (χ1n) is 7.75. The molecule has 23 heavy (non-hydrogen) atoms. The number of methoxy groups -OCH3 is 1. The second-order valence-corrected chi connectivity index (χ2v) is 5.42. The Morgan fingerprint density at radius 3 is 2.61 bits per heavy atom. The zero-order chi connectivity index (χ0) is 16.8. The maximum absolute atomic E-state index is 12.5. The zero-order valence-electron chi connectivity index (χ0n) is 14.1. The van der Waals surface area contributed by atoms with Crippen LogP contribution in [0, 0.1) is 13.8 Å². The minimum Gasteiger partial charge on any atom is -0.493 e. The average Bonchev–Trinajstić information content (AvgIpc) is 2.56. The molecule has 0 bridgehead atoms. The van der Waals surface area contributed by atoms with E-state index in [2.05, 4.69) is 5.32 Å². The van der Waals surface area contributed by atoms with E-state index in [4.69, 9.17) is 9.47 Å². The van der Waals surface area contributed by atoms with Crippen molar-refractivity contribution in [2.75, 3.05) is 19.0 Å². The van der Waals surface area contributed by atoms with E-state index in [-0.39, 0.29) is 5.91 Å². The van der Waals surface area contributed by atoms with Gasteiger partial charge in [0.05, 0.1) is 13.7 Å². The molecular formula is C19H23NO3. The van der Waals surface area contributed by atoms with Crippen LogP contribution in [-0.2, 0) is 0 Å². The summed E-state index contributed by atoms with van der Waals surface area (Å²) < 4.78 is 10.9. The van der Waals surface area contributed by atoms with Gasteiger partial charge in [0, 0.05) is 11.3 Å². The highest BCUT2D eigenvalue weighted by Gasteiger charge is 2.12. The molecule has 0 heterocycles. The second kappa shape index (κ2) is 7.68. The molecule has 0 atom stereocenters. The first-order chi connectivity index (χ1) is 11.1. The molecule has 0 spiro atoms. The van der Waals surface area contributed by atoms with E-state index in [1.807, 2.05) is 39.0 Å². The summed E-state index contributed by atoms with van der Waals surface area (Å²) in [5.41, 5.74) is 3.56. The van der Waals surface area contributed by atoms with E-state index in [0.717, 1.165) is 23.2 Å². The highest BCUT2D eigenvalue weighted by atomic mass is 16.5. The molecule has 2 aromatic carbocycles. The van der Waals surface area contributed by atoms with E-state index in [0.29, 0.717) is 23.7 Å². The van der Waals surface area contributed by atoms with Crippen LogP contribution in [0.3, 0.4) is 0 Å². The summed E-state index contributed by atoms with van der Waals surface area (Å²) in [6.07, 6.45) is 0.915. The minimum atomic E-state index is -0.168. The van der Waals surface area contributed by atoms with E-state index < -0.39 is 0 Å². The Morgan fingerprint density at radius 2 is 1.91 bits per heavy atom. The molecule has 0 radical (unpaired) electrons. The largest absolute Gasteiger partial charge is 0.493 e. The smallest absolute Gasteiger partial charge is 0.255 e. The summed E-state index contributed by atoms with van der Waals surface area (Å²) in [6.45, 7) is 6.67. The molecule has 0 saturated carbocycles. The van der Waals surface area contributed by atoms with Gasteiger partial charge < -0.3 is 14.8 Å². The molecule has 4 heteroatoms. The van der Waals surface area contributed by atoms with Gasteiger partial charge in [-0.3, -0.25) is 4.79 Å². The van der Waals surface area contributed by atoms with Crippen LogP contribution in [0.2, 0.25) is 0 Å². The third-order valence-electron chi connectivity index (χ3n) is 3.74. The van der Waals surface area contributed by atoms with Gasteiger partial charge in [-0.15, -0.1) is 0 Å². The van der Waals surface area contributed by atoms with Crippen molar-refractivity contribution in [2.45, 2.75) is 27.2 Å². The number of ether oxygens (including phenoxy) is 2. The molecule has 0 saturated heterocycles. The number of carbonyl (C=O) groups is 1. The maximum Gasteiger partial charge on any atom is 0.255 e. The van der Waals surface area contributed by atoms with E-state index in [1.54, 1.807) is 25.3 Å². The van der Waals surface area contributed by atoms with Gasteiger partial charge in [-0.2, -0.15) is 0 Å². The molecule has 0 unspecified atom stereocenters. The predicted octanol–water partition coefficient (Wildman–Crippen LogP) is 4.35. The Balaban J connectivity index is 2.20. The van der Waals surface area contributed by atoms with Crippen molar-refractivity contribution in [3.05, 3.63) is 53.1 Å². The van der Waals surface area contributed by atoms with Crippen LogP contribution in [-0.4, -0.2) is 19.6 Å². The molecule has 1 amide bonds. The molecule has 4 nitrogen and oxygen atoms in total. The van der Waals surface area contributed by atoms with Crippen molar-refractivity contribution in [2.24, 2.45) is 0 Å². The van der Waals surface area contributed by atoms with Gasteiger partial charge in [-0.25, -0.2) is 0 Å². The number of rotatable bonds is 6. The Labute approximate surface area is 137 Å². The lowest BCUT2D eigenvalue weighted by atomic mass is 10.1. The summed E-state index contributed by atoms with van der Waals surface area (Å²) in [5, 5.41) is 2.95. The van der Waals surface area contributed by atoms with Crippen molar-refractivity contribution in [3.63, 3.8) is 0 Å². The van der Waals surface area contributed by atoms with Gasteiger partial charge >= 0.3 is 0 Å². The highest BCUT2D eigenvalue weighted by Crippen LogP contribution is 2.29. The SMILES string of the molecule is CCCOc1ccc(C(=O)Nc2cccc(C)c2C)cc1OC. The van der Waals surface area contributed by atoms with Crippen LogP contribution in [0.25, 0.3) is 0 Å². The number of amides is 1. The van der Waals surface area contributed by atoms with Crippen molar-refractivity contribution in [1.29, 1.82) is 0 Å². The third-order valence-corrected chi connectivity index (χ3v) is 3.74. The monoisotopic (exact) mass is 313 g/mol. The molecule has 2 rings (SSSR count). The fraction of sp³-hybridized carbons (Fsp3) is 0.316. The fourth-order valence-corrected chi connectivity index (χ4v) is 2.22. The fourth-order valence-electron chi connectivity index (χ4n) is 2.22. The molecule has 0 aliphatic carbocycles. The summed E-state index contributed by atoms with van der Waals surface area (Å²) in [5.74, 6) is 1.05. The molecule has 1 N–H and O–H groups in total. The highest BCUT2D eigenvalue weighted by molar-refractivity contribution is 6.05. The van der Waals surface area contributed by atoms with Crippen molar-refractivity contribution in [3.8, 4) is 11.5 Å². The van der Waals surface area contributed by atoms with Crippen LogP contribution in [0.1, 0.15) is 34.8 Å². The van der Waals surface area contributed by atoms with Crippen LogP contribution < -0.4 is 14.8 Å². The quantitative estimate of drug-likeness (QED) is 0.862. The summed E-state index contributed by atoms with van der Waals surface area (Å²) in [6, 6.07) is 11.1. The van der Waals surface area contributed by atoms with Crippen LogP contribution in [0.5, 0.6) is 11.5 Å². The molecule has 2 aromatic rings. The molecular weight excluding hydrogens is 290 g/mol. The van der Waals surface area contributed by atoms with E-state index in [9.17, 15) is 4.79 Å². The maximum atomic E-state index is 12.5. The number of carbonyl (C=O) groups excluding carboxylic acids is 1. The third kappa shape index (κ3) is 4.03. The molecule has 0 aromatic heterocycles. The van der Waals surface area contributed by atoms with Gasteiger partial charge in [0.1, 0.15) is 0 Å². The summed E-state index contributed by atoms with van der Waals surface area (Å²) in [7, 11) is 1.57. The van der Waals surface area contributed by atoms with Gasteiger partial charge in [0.15, 0.2) is 11.5 Å². The zero-order valence-corrected chi connectivity index (χ0v) is 14.1. The lowest BCUT2D eigenvalue weighted by molar-refractivity contribution is 0.102. The standard InChI is InChI=1S/C19H23NO3/c1-5-11-23-17-10-9-15(12-18(17)22-4)19(21)20-16-8-6-7-13(2)14(16)3/h6-10,12H,5,11H2,1-4H3,(H,20,21). The van der Waals surface area contributed by atoms with E-state index >= 15 is 0 Å². The predicted molar refractivity (Wildman–Crippen MR) is 92.6 cm³/mol. The second-order valence-electron chi connectivity index (χ2n) is 5.42. The average molecular weight is 313 g/mol. The Morgan fingerprint density at radius 1 is 1.13 bits per heavy atom. The van der Waals surface area contributed by atoms with Crippen molar-refractivity contribution in [1.82, 2.24) is 0 Å². The van der Waals surface area contributed by atoms with Crippen molar-refractivity contribution < 1.29 is 14.3 Å². The number of hydrogen-bond donors (Lipinski definition) is 1. The number of nitrogens with one attached hydrogen (secondary N) is 1.